The number of nitrogens with one attached hydrogen (secondary N) is 1. The van der Waals surface area contributed by atoms with E-state index in [-0.39, 0.29) is 5.91 Å². The molecule has 0 saturated carbocycles. The van der Waals surface area contributed by atoms with Gasteiger partial charge < -0.3 is 24.2 Å². The summed E-state index contributed by atoms with van der Waals surface area (Å²) in [6, 6.07) is 7.41. The maximum atomic E-state index is 12.8. The molecule has 26 heavy (non-hydrogen) atoms. The molecule has 1 aromatic heterocycles. The van der Waals surface area contributed by atoms with Crippen LogP contribution < -0.4 is 15.0 Å². The van der Waals surface area contributed by atoms with E-state index in [1.54, 1.807) is 7.11 Å². The van der Waals surface area contributed by atoms with E-state index in [4.69, 9.17) is 14.0 Å². The van der Waals surface area contributed by atoms with Gasteiger partial charge in [0, 0.05) is 31.8 Å². The summed E-state index contributed by atoms with van der Waals surface area (Å²) in [5, 5.41) is 7.11. The standard InChI is InChI=1S/C19H25N3O4/c1-3-25-13-10-20-19(23)16-17(14-6-8-15(24-2)9-7-14)26-21-18(16)22-11-4-5-12-22/h6-9H,3-5,10-13H2,1-2H3,(H,20,23). The van der Waals surface area contributed by atoms with Gasteiger partial charge in [0.2, 0.25) is 0 Å². The van der Waals surface area contributed by atoms with Gasteiger partial charge >= 0.3 is 0 Å². The van der Waals surface area contributed by atoms with E-state index in [1.165, 1.54) is 0 Å². The third kappa shape index (κ3) is 3.99. The summed E-state index contributed by atoms with van der Waals surface area (Å²) in [5.74, 6) is 1.64. The lowest BCUT2D eigenvalue weighted by molar-refractivity contribution is 0.0923. The SMILES string of the molecule is CCOCCNC(=O)c1c(N2CCCC2)noc1-c1ccc(OC)cc1. The van der Waals surface area contributed by atoms with Crippen LogP contribution in [0, 0.1) is 0 Å². The number of ether oxygens (including phenoxy) is 2. The molecule has 0 spiro atoms. The van der Waals surface area contributed by atoms with Crippen molar-refractivity contribution in [3.8, 4) is 17.1 Å². The van der Waals surface area contributed by atoms with Gasteiger partial charge in [0.1, 0.15) is 11.3 Å². The van der Waals surface area contributed by atoms with E-state index in [1.807, 2.05) is 31.2 Å². The molecule has 2 aromatic rings. The van der Waals surface area contributed by atoms with Crippen LogP contribution in [-0.4, -0.2) is 51.0 Å². The minimum absolute atomic E-state index is 0.196. The maximum absolute atomic E-state index is 12.8. The normalized spacial score (nSPS) is 13.8. The fourth-order valence-corrected chi connectivity index (χ4v) is 3.04. The minimum atomic E-state index is -0.196. The number of carbonyl (C=O) groups excluding carboxylic acids is 1. The predicted octanol–water partition coefficient (Wildman–Crippen LogP) is 2.72. The number of methoxy groups -OCH3 is 1. The van der Waals surface area contributed by atoms with Crippen LogP contribution in [0.15, 0.2) is 28.8 Å². The lowest BCUT2D eigenvalue weighted by Crippen LogP contribution is -2.30. The van der Waals surface area contributed by atoms with Crippen molar-refractivity contribution < 1.29 is 18.8 Å². The van der Waals surface area contributed by atoms with E-state index in [2.05, 4.69) is 15.4 Å². The van der Waals surface area contributed by atoms with E-state index in [0.717, 1.165) is 37.2 Å². The molecule has 1 aliphatic rings. The molecule has 7 nitrogen and oxygen atoms in total. The van der Waals surface area contributed by atoms with E-state index in [0.29, 0.717) is 36.9 Å². The first-order valence-electron chi connectivity index (χ1n) is 8.99. The van der Waals surface area contributed by atoms with Crippen LogP contribution in [0.5, 0.6) is 5.75 Å². The summed E-state index contributed by atoms with van der Waals surface area (Å²) in [5.41, 5.74) is 1.27. The summed E-state index contributed by atoms with van der Waals surface area (Å²) < 4.78 is 16.1. The zero-order valence-electron chi connectivity index (χ0n) is 15.3. The number of hydrogen-bond donors (Lipinski definition) is 1. The Morgan fingerprint density at radius 1 is 1.27 bits per heavy atom. The predicted molar refractivity (Wildman–Crippen MR) is 98.8 cm³/mol. The molecule has 1 N–H and O–H groups in total. The molecule has 0 unspecified atom stereocenters. The van der Waals surface area contributed by atoms with Crippen LogP contribution in [0.4, 0.5) is 5.82 Å². The molecule has 3 rings (SSSR count). The second-order valence-corrected chi connectivity index (χ2v) is 6.09. The monoisotopic (exact) mass is 359 g/mol. The van der Waals surface area contributed by atoms with Crippen molar-refractivity contribution in [2.75, 3.05) is 44.9 Å². The van der Waals surface area contributed by atoms with Gasteiger partial charge in [0.15, 0.2) is 11.6 Å². The average molecular weight is 359 g/mol. The highest BCUT2D eigenvalue weighted by atomic mass is 16.5. The molecular weight excluding hydrogens is 334 g/mol. The Morgan fingerprint density at radius 2 is 2.00 bits per heavy atom. The smallest absolute Gasteiger partial charge is 0.259 e. The Morgan fingerprint density at radius 3 is 2.65 bits per heavy atom. The Balaban J connectivity index is 1.89. The first-order chi connectivity index (χ1) is 12.7. The Hall–Kier alpha value is -2.54. The quantitative estimate of drug-likeness (QED) is 0.730. The van der Waals surface area contributed by atoms with Crippen LogP contribution in [0.1, 0.15) is 30.1 Å². The van der Waals surface area contributed by atoms with Crippen LogP contribution in [0.2, 0.25) is 0 Å². The van der Waals surface area contributed by atoms with Crippen molar-refractivity contribution in [1.29, 1.82) is 0 Å². The van der Waals surface area contributed by atoms with Crippen LogP contribution in [-0.2, 0) is 4.74 Å². The molecular formula is C19H25N3O4. The molecule has 1 amide bonds. The van der Waals surface area contributed by atoms with Crippen molar-refractivity contribution in [1.82, 2.24) is 10.5 Å². The van der Waals surface area contributed by atoms with Crippen molar-refractivity contribution >= 4 is 11.7 Å². The van der Waals surface area contributed by atoms with Crippen LogP contribution >= 0.6 is 0 Å². The second kappa shape index (κ2) is 8.71. The number of rotatable bonds is 8. The number of amides is 1. The van der Waals surface area contributed by atoms with Gasteiger partial charge in [-0.25, -0.2) is 0 Å². The lowest BCUT2D eigenvalue weighted by atomic mass is 10.1. The highest BCUT2D eigenvalue weighted by molar-refractivity contribution is 6.04. The van der Waals surface area contributed by atoms with Crippen molar-refractivity contribution in [3.05, 3.63) is 29.8 Å². The molecule has 1 aliphatic heterocycles. The van der Waals surface area contributed by atoms with E-state index < -0.39 is 0 Å². The zero-order valence-corrected chi connectivity index (χ0v) is 15.3. The molecule has 0 bridgehead atoms. The molecule has 7 heteroatoms. The fraction of sp³-hybridized carbons (Fsp3) is 0.474. The minimum Gasteiger partial charge on any atom is -0.497 e. The van der Waals surface area contributed by atoms with Crippen molar-refractivity contribution in [2.45, 2.75) is 19.8 Å². The highest BCUT2D eigenvalue weighted by Gasteiger charge is 2.28. The summed E-state index contributed by atoms with van der Waals surface area (Å²) in [4.78, 5) is 15.0. The topological polar surface area (TPSA) is 76.8 Å². The van der Waals surface area contributed by atoms with Gasteiger partial charge in [-0.15, -0.1) is 0 Å². The van der Waals surface area contributed by atoms with Crippen LogP contribution in [0.25, 0.3) is 11.3 Å². The van der Waals surface area contributed by atoms with Crippen molar-refractivity contribution in [2.24, 2.45) is 0 Å². The Labute approximate surface area is 153 Å². The second-order valence-electron chi connectivity index (χ2n) is 6.09. The third-order valence-corrected chi connectivity index (χ3v) is 4.40. The maximum Gasteiger partial charge on any atom is 0.259 e. The molecule has 0 radical (unpaired) electrons. The Bertz CT molecular complexity index is 721. The van der Waals surface area contributed by atoms with Gasteiger partial charge in [0.25, 0.3) is 5.91 Å². The van der Waals surface area contributed by atoms with Gasteiger partial charge in [-0.3, -0.25) is 4.79 Å². The first-order valence-corrected chi connectivity index (χ1v) is 8.99. The molecule has 1 saturated heterocycles. The molecule has 0 atom stereocenters. The average Bonchev–Trinajstić information content (AvgIpc) is 3.34. The fourth-order valence-electron chi connectivity index (χ4n) is 3.04. The van der Waals surface area contributed by atoms with E-state index >= 15 is 0 Å². The summed E-state index contributed by atoms with van der Waals surface area (Å²) in [6.45, 7) is 5.24. The molecule has 0 aliphatic carbocycles. The van der Waals surface area contributed by atoms with Gasteiger partial charge in [-0.2, -0.15) is 0 Å². The Kier molecular flexibility index (Phi) is 6.12. The molecule has 1 fully saturated rings. The first kappa shape index (κ1) is 18.3. The van der Waals surface area contributed by atoms with Gasteiger partial charge in [-0.05, 0) is 44.0 Å². The molecule has 1 aromatic carbocycles. The molecule has 2 heterocycles. The zero-order chi connectivity index (χ0) is 18.4. The lowest BCUT2D eigenvalue weighted by Gasteiger charge is -2.15. The number of hydrogen-bond acceptors (Lipinski definition) is 6. The summed E-state index contributed by atoms with van der Waals surface area (Å²) in [6.07, 6.45) is 2.19. The summed E-state index contributed by atoms with van der Waals surface area (Å²) in [7, 11) is 1.62. The number of nitrogens with zero attached hydrogens (tertiary/aromatic N) is 2. The number of anilines is 1. The number of aromatic nitrogens is 1. The highest BCUT2D eigenvalue weighted by Crippen LogP contribution is 2.33. The van der Waals surface area contributed by atoms with Gasteiger partial charge in [-0.1, -0.05) is 5.16 Å². The van der Waals surface area contributed by atoms with Crippen molar-refractivity contribution in [3.63, 3.8) is 0 Å². The third-order valence-electron chi connectivity index (χ3n) is 4.40. The van der Waals surface area contributed by atoms with Gasteiger partial charge in [0.05, 0.1) is 13.7 Å². The molecule has 140 valence electrons. The van der Waals surface area contributed by atoms with E-state index in [9.17, 15) is 4.79 Å². The van der Waals surface area contributed by atoms with Crippen LogP contribution in [0.3, 0.4) is 0 Å². The largest absolute Gasteiger partial charge is 0.497 e. The summed E-state index contributed by atoms with van der Waals surface area (Å²) >= 11 is 0. The number of benzene rings is 1. The number of carbonyl (C=O) groups is 1.